The number of nitrogens with two attached hydrogens (primary N) is 1. The Balaban J connectivity index is 1.95. The fourth-order valence-electron chi connectivity index (χ4n) is 2.15. The lowest BCUT2D eigenvalue weighted by atomic mass is 10.1. The Labute approximate surface area is 122 Å². The molecule has 20 heavy (non-hydrogen) atoms. The van der Waals surface area contributed by atoms with Crippen molar-refractivity contribution in [1.82, 2.24) is 9.97 Å². The zero-order valence-electron chi connectivity index (χ0n) is 11.4. The van der Waals surface area contributed by atoms with E-state index in [0.29, 0.717) is 18.2 Å². The molecule has 5 heteroatoms. The fraction of sp³-hybridized carbons (Fsp3) is 0.333. The molecule has 2 N–H and O–H groups in total. The number of anilines is 1. The highest BCUT2D eigenvalue weighted by atomic mass is 32.2. The number of hydrogen-bond acceptors (Lipinski definition) is 5. The second-order valence-corrected chi connectivity index (χ2v) is 5.71. The Morgan fingerprint density at radius 1 is 1.30 bits per heavy atom. The van der Waals surface area contributed by atoms with Crippen molar-refractivity contribution in [1.29, 1.82) is 0 Å². The van der Waals surface area contributed by atoms with Crippen molar-refractivity contribution in [2.45, 2.75) is 24.9 Å². The first-order valence-electron chi connectivity index (χ1n) is 6.74. The summed E-state index contributed by atoms with van der Waals surface area (Å²) in [4.78, 5) is 9.07. The zero-order chi connectivity index (χ0) is 13.9. The van der Waals surface area contributed by atoms with Gasteiger partial charge in [-0.3, -0.25) is 0 Å². The van der Waals surface area contributed by atoms with Gasteiger partial charge < -0.3 is 10.5 Å². The van der Waals surface area contributed by atoms with Crippen molar-refractivity contribution < 1.29 is 4.74 Å². The molecule has 2 aromatic rings. The molecule has 0 unspecified atom stereocenters. The van der Waals surface area contributed by atoms with Gasteiger partial charge in [0.05, 0.1) is 12.3 Å². The second-order valence-electron chi connectivity index (χ2n) is 4.73. The van der Waals surface area contributed by atoms with E-state index in [1.165, 1.54) is 0 Å². The van der Waals surface area contributed by atoms with Gasteiger partial charge in [0.2, 0.25) is 0 Å². The Hall–Kier alpha value is -1.75. The highest BCUT2D eigenvalue weighted by molar-refractivity contribution is 7.98. The molecule has 0 spiro atoms. The number of hydrogen-bond donors (Lipinski definition) is 1. The molecule has 0 radical (unpaired) electrons. The minimum absolute atomic E-state index is 0.606. The summed E-state index contributed by atoms with van der Waals surface area (Å²) >= 11 is 1.83. The summed E-state index contributed by atoms with van der Waals surface area (Å²) in [6.07, 6.45) is 0.990. The molecule has 3 rings (SSSR count). The molecular weight excluding hydrogens is 270 g/mol. The summed E-state index contributed by atoms with van der Waals surface area (Å²) < 4.78 is 5.65. The van der Waals surface area contributed by atoms with Gasteiger partial charge in [-0.25, -0.2) is 9.97 Å². The molecule has 0 amide bonds. The van der Waals surface area contributed by atoms with Crippen LogP contribution in [-0.2, 0) is 11.5 Å². The van der Waals surface area contributed by atoms with E-state index in [4.69, 9.17) is 10.5 Å². The molecule has 1 aromatic heterocycles. The Morgan fingerprint density at radius 2 is 2.20 bits per heavy atom. The molecule has 1 aliphatic heterocycles. The summed E-state index contributed by atoms with van der Waals surface area (Å²) in [6.45, 7) is 2.80. The molecule has 0 fully saturated rings. The van der Waals surface area contributed by atoms with Gasteiger partial charge in [0, 0.05) is 22.6 Å². The summed E-state index contributed by atoms with van der Waals surface area (Å²) in [5, 5.41) is 0. The van der Waals surface area contributed by atoms with Crippen LogP contribution in [0.3, 0.4) is 0 Å². The van der Waals surface area contributed by atoms with E-state index in [2.05, 4.69) is 16.9 Å². The van der Waals surface area contributed by atoms with Gasteiger partial charge in [-0.2, -0.15) is 11.8 Å². The first-order chi connectivity index (χ1) is 9.78. The summed E-state index contributed by atoms with van der Waals surface area (Å²) in [7, 11) is 0. The van der Waals surface area contributed by atoms with Gasteiger partial charge in [-0.15, -0.1) is 0 Å². The van der Waals surface area contributed by atoms with Gasteiger partial charge in [0.25, 0.3) is 0 Å². The van der Waals surface area contributed by atoms with Gasteiger partial charge in [-0.05, 0) is 18.6 Å². The highest BCUT2D eigenvalue weighted by Crippen LogP contribution is 2.33. The summed E-state index contributed by atoms with van der Waals surface area (Å²) in [5.74, 6) is 3.98. The van der Waals surface area contributed by atoms with Gasteiger partial charge >= 0.3 is 0 Å². The van der Waals surface area contributed by atoms with E-state index in [9.17, 15) is 0 Å². The third-order valence-corrected chi connectivity index (χ3v) is 4.15. The van der Waals surface area contributed by atoms with Crippen LogP contribution in [-0.4, -0.2) is 16.6 Å². The van der Waals surface area contributed by atoms with E-state index in [1.807, 2.05) is 36.0 Å². The molecule has 1 aromatic carbocycles. The van der Waals surface area contributed by atoms with Crippen LogP contribution >= 0.6 is 11.8 Å². The Kier molecular flexibility index (Phi) is 3.78. The van der Waals surface area contributed by atoms with Crippen LogP contribution in [0.2, 0.25) is 0 Å². The minimum Gasteiger partial charge on any atom is -0.494 e. The number of nitrogen functional groups attached to an aromatic ring is 1. The van der Waals surface area contributed by atoms with Crippen LogP contribution in [0, 0.1) is 0 Å². The molecule has 0 bridgehead atoms. The normalized spacial score (nSPS) is 13.2. The number of aromatic nitrogens is 2. The van der Waals surface area contributed by atoms with E-state index >= 15 is 0 Å². The SMILES string of the molecule is CCCOc1cccc(-c2nc(N)c3c(n2)CSC3)c1. The lowest BCUT2D eigenvalue weighted by Crippen LogP contribution is -2.03. The van der Waals surface area contributed by atoms with Crippen molar-refractivity contribution in [3.05, 3.63) is 35.5 Å². The number of fused-ring (bicyclic) bond motifs is 1. The number of thioether (sulfide) groups is 1. The van der Waals surface area contributed by atoms with Crippen molar-refractivity contribution >= 4 is 17.6 Å². The molecule has 0 atom stereocenters. The number of rotatable bonds is 4. The average Bonchev–Trinajstić information content (AvgIpc) is 2.94. The van der Waals surface area contributed by atoms with Gasteiger partial charge in [0.1, 0.15) is 11.6 Å². The lowest BCUT2D eigenvalue weighted by molar-refractivity contribution is 0.317. The molecular formula is C15H17N3OS. The van der Waals surface area contributed by atoms with Gasteiger partial charge in [0.15, 0.2) is 5.82 Å². The predicted molar refractivity (Wildman–Crippen MR) is 82.7 cm³/mol. The molecule has 104 valence electrons. The predicted octanol–water partition coefficient (Wildman–Crippen LogP) is 3.26. The monoisotopic (exact) mass is 287 g/mol. The van der Waals surface area contributed by atoms with Crippen molar-refractivity contribution in [2.75, 3.05) is 12.3 Å². The van der Waals surface area contributed by atoms with Crippen LogP contribution in [0.4, 0.5) is 5.82 Å². The zero-order valence-corrected chi connectivity index (χ0v) is 12.2. The minimum atomic E-state index is 0.606. The lowest BCUT2D eigenvalue weighted by Gasteiger charge is -2.08. The maximum Gasteiger partial charge on any atom is 0.161 e. The largest absolute Gasteiger partial charge is 0.494 e. The van der Waals surface area contributed by atoms with E-state index < -0.39 is 0 Å². The molecule has 2 heterocycles. The van der Waals surface area contributed by atoms with E-state index in [-0.39, 0.29) is 0 Å². The average molecular weight is 287 g/mol. The Bertz CT molecular complexity index is 631. The number of benzene rings is 1. The maximum absolute atomic E-state index is 6.03. The first kappa shape index (κ1) is 13.2. The van der Waals surface area contributed by atoms with Crippen molar-refractivity contribution in [2.24, 2.45) is 0 Å². The van der Waals surface area contributed by atoms with Crippen LogP contribution < -0.4 is 10.5 Å². The fourth-order valence-corrected chi connectivity index (χ4v) is 3.20. The second kappa shape index (κ2) is 5.71. The third-order valence-electron chi connectivity index (χ3n) is 3.18. The quantitative estimate of drug-likeness (QED) is 0.935. The molecule has 0 saturated heterocycles. The van der Waals surface area contributed by atoms with Crippen LogP contribution in [0.15, 0.2) is 24.3 Å². The molecule has 0 aliphatic carbocycles. The molecule has 4 nitrogen and oxygen atoms in total. The molecule has 1 aliphatic rings. The van der Waals surface area contributed by atoms with Crippen molar-refractivity contribution in [3.63, 3.8) is 0 Å². The third kappa shape index (κ3) is 2.58. The maximum atomic E-state index is 6.03. The van der Waals surface area contributed by atoms with Crippen molar-refractivity contribution in [3.8, 4) is 17.1 Å². The smallest absolute Gasteiger partial charge is 0.161 e. The van der Waals surface area contributed by atoms with Crippen LogP contribution in [0.1, 0.15) is 24.6 Å². The first-order valence-corrected chi connectivity index (χ1v) is 7.89. The number of ether oxygens (including phenoxy) is 1. The summed E-state index contributed by atoms with van der Waals surface area (Å²) in [6, 6.07) is 7.87. The molecule has 0 saturated carbocycles. The Morgan fingerprint density at radius 3 is 3.05 bits per heavy atom. The van der Waals surface area contributed by atoms with Crippen LogP contribution in [0.25, 0.3) is 11.4 Å². The summed E-state index contributed by atoms with van der Waals surface area (Å²) in [5.41, 5.74) is 9.14. The van der Waals surface area contributed by atoms with Crippen LogP contribution in [0.5, 0.6) is 5.75 Å². The number of nitrogens with zero attached hydrogens (tertiary/aromatic N) is 2. The highest BCUT2D eigenvalue weighted by Gasteiger charge is 2.18. The standard InChI is InChI=1S/C15H17N3OS/c1-2-6-19-11-5-3-4-10(7-11)15-17-13-9-20-8-12(13)14(16)18-15/h3-5,7H,2,6,8-9H2,1H3,(H2,16,17,18). The topological polar surface area (TPSA) is 61.0 Å². The van der Waals surface area contributed by atoms with E-state index in [1.54, 1.807) is 0 Å². The van der Waals surface area contributed by atoms with Gasteiger partial charge in [-0.1, -0.05) is 19.1 Å². The van der Waals surface area contributed by atoms with E-state index in [0.717, 1.165) is 40.5 Å².